The lowest BCUT2D eigenvalue weighted by molar-refractivity contribution is 0.418. The van der Waals surface area contributed by atoms with E-state index in [1.807, 2.05) is 33.9 Å². The van der Waals surface area contributed by atoms with Gasteiger partial charge in [-0.25, -0.2) is 9.36 Å². The lowest BCUT2D eigenvalue weighted by atomic mass is 10.2. The monoisotopic (exact) mass is 350 g/mol. The van der Waals surface area contributed by atoms with E-state index in [9.17, 15) is 0 Å². The van der Waals surface area contributed by atoms with Gasteiger partial charge in [0.2, 0.25) is 0 Å². The molecule has 3 aromatic rings. The molecule has 90 valence electrons. The lowest BCUT2D eigenvalue weighted by Gasteiger charge is -2.18. The van der Waals surface area contributed by atoms with Crippen LogP contribution in [-0.2, 0) is 0 Å². The van der Waals surface area contributed by atoms with Crippen LogP contribution in [0.15, 0.2) is 61.2 Å². The molecule has 2 heterocycles. The maximum absolute atomic E-state index is 4.33. The molecule has 0 saturated heterocycles. The zero-order valence-electron chi connectivity index (χ0n) is 9.52. The fraction of sp³-hybridized carbons (Fsp3) is 0.0769. The highest BCUT2D eigenvalue weighted by Crippen LogP contribution is 2.20. The van der Waals surface area contributed by atoms with Crippen LogP contribution in [0.1, 0.15) is 11.7 Å². The first-order valence-electron chi connectivity index (χ1n) is 5.58. The molecule has 1 aromatic carbocycles. The molecular formula is C13H11IN4. The van der Waals surface area contributed by atoms with Crippen LogP contribution in [0.25, 0.3) is 0 Å². The number of aromatic nitrogens is 4. The van der Waals surface area contributed by atoms with Crippen LogP contribution in [0.4, 0.5) is 0 Å². The number of nitrogens with zero attached hydrogens (tertiary/aromatic N) is 4. The maximum Gasteiger partial charge on any atom is 0.168 e. The van der Waals surface area contributed by atoms with Crippen LogP contribution in [0.3, 0.4) is 0 Å². The molecule has 0 N–H and O–H groups in total. The van der Waals surface area contributed by atoms with Gasteiger partial charge in [-0.1, -0.05) is 12.1 Å². The number of benzene rings is 1. The Balaban J connectivity index is 2.11. The average Bonchev–Trinajstić information content (AvgIpc) is 3.02. The molecule has 5 heteroatoms. The van der Waals surface area contributed by atoms with Crippen LogP contribution in [0.5, 0.6) is 0 Å². The van der Waals surface area contributed by atoms with E-state index >= 15 is 0 Å². The quantitative estimate of drug-likeness (QED) is 0.681. The summed E-state index contributed by atoms with van der Waals surface area (Å²) in [6.45, 7) is 0. The smallest absolute Gasteiger partial charge is 0.168 e. The third-order valence-corrected chi connectivity index (χ3v) is 3.37. The summed E-state index contributed by atoms with van der Waals surface area (Å²) in [4.78, 5) is 0. The molecule has 0 aliphatic heterocycles. The van der Waals surface area contributed by atoms with Gasteiger partial charge < -0.3 is 0 Å². The number of hydrogen-bond acceptors (Lipinski definition) is 2. The first-order chi connectivity index (χ1) is 8.84. The molecule has 0 spiro atoms. The van der Waals surface area contributed by atoms with Crippen molar-refractivity contribution in [2.45, 2.75) is 6.17 Å². The summed E-state index contributed by atoms with van der Waals surface area (Å²) in [5.74, 6) is 0. The second kappa shape index (κ2) is 4.93. The van der Waals surface area contributed by atoms with E-state index in [0.29, 0.717) is 0 Å². The molecule has 2 aromatic heterocycles. The number of rotatable bonds is 3. The molecule has 0 bridgehead atoms. The molecule has 0 radical (unpaired) electrons. The lowest BCUT2D eigenvalue weighted by Crippen LogP contribution is -2.20. The molecule has 0 unspecified atom stereocenters. The second-order valence-corrected chi connectivity index (χ2v) is 5.15. The van der Waals surface area contributed by atoms with E-state index in [-0.39, 0.29) is 6.17 Å². The van der Waals surface area contributed by atoms with Crippen molar-refractivity contribution in [1.82, 2.24) is 19.6 Å². The molecular weight excluding hydrogens is 339 g/mol. The van der Waals surface area contributed by atoms with Crippen molar-refractivity contribution in [2.75, 3.05) is 0 Å². The molecule has 3 rings (SSSR count). The summed E-state index contributed by atoms with van der Waals surface area (Å²) >= 11 is 2.32. The summed E-state index contributed by atoms with van der Waals surface area (Å²) < 4.78 is 5.01. The van der Waals surface area contributed by atoms with Gasteiger partial charge in [0.15, 0.2) is 6.17 Å². The summed E-state index contributed by atoms with van der Waals surface area (Å²) in [5, 5.41) is 8.66. The van der Waals surface area contributed by atoms with Gasteiger partial charge in [0, 0.05) is 28.4 Å². The predicted molar refractivity (Wildman–Crippen MR) is 77.2 cm³/mol. The Morgan fingerprint density at radius 3 is 2.11 bits per heavy atom. The molecule has 0 aliphatic carbocycles. The van der Waals surface area contributed by atoms with Gasteiger partial charge in [0.05, 0.1) is 0 Å². The van der Waals surface area contributed by atoms with Crippen molar-refractivity contribution < 1.29 is 0 Å². The fourth-order valence-corrected chi connectivity index (χ4v) is 2.51. The van der Waals surface area contributed by atoms with Crippen LogP contribution >= 0.6 is 22.6 Å². The van der Waals surface area contributed by atoms with E-state index in [1.165, 1.54) is 3.57 Å². The van der Waals surface area contributed by atoms with Gasteiger partial charge in [-0.15, -0.1) is 0 Å². The van der Waals surface area contributed by atoms with E-state index in [0.717, 1.165) is 5.56 Å². The molecule has 4 nitrogen and oxygen atoms in total. The number of hydrogen-bond donors (Lipinski definition) is 0. The third-order valence-electron chi connectivity index (χ3n) is 2.70. The Morgan fingerprint density at radius 2 is 1.61 bits per heavy atom. The minimum Gasteiger partial charge on any atom is -0.244 e. The zero-order valence-corrected chi connectivity index (χ0v) is 11.7. The highest BCUT2D eigenvalue weighted by Gasteiger charge is 2.16. The summed E-state index contributed by atoms with van der Waals surface area (Å²) in [5.41, 5.74) is 1.16. The van der Waals surface area contributed by atoms with E-state index in [2.05, 4.69) is 57.1 Å². The third kappa shape index (κ3) is 2.17. The van der Waals surface area contributed by atoms with Gasteiger partial charge in [-0.05, 0) is 52.4 Å². The number of halogens is 1. The first kappa shape index (κ1) is 11.5. The molecule has 0 atom stereocenters. The molecule has 0 aliphatic rings. The van der Waals surface area contributed by atoms with E-state index in [1.54, 1.807) is 12.4 Å². The summed E-state index contributed by atoms with van der Waals surface area (Å²) in [7, 11) is 0. The van der Waals surface area contributed by atoms with Crippen LogP contribution in [0, 0.1) is 3.57 Å². The Hall–Kier alpha value is -1.63. The van der Waals surface area contributed by atoms with Crippen molar-refractivity contribution in [3.05, 3.63) is 70.3 Å². The highest BCUT2D eigenvalue weighted by molar-refractivity contribution is 14.1. The maximum atomic E-state index is 4.33. The van der Waals surface area contributed by atoms with Crippen molar-refractivity contribution in [3.63, 3.8) is 0 Å². The average molecular weight is 350 g/mol. The largest absolute Gasteiger partial charge is 0.244 e. The Kier molecular flexibility index (Phi) is 3.14. The van der Waals surface area contributed by atoms with Gasteiger partial charge in [0.1, 0.15) is 0 Å². The van der Waals surface area contributed by atoms with Gasteiger partial charge in [-0.2, -0.15) is 10.2 Å². The zero-order chi connectivity index (χ0) is 12.4. The molecule has 18 heavy (non-hydrogen) atoms. The standard InChI is InChI=1S/C13H11IN4/c14-12-5-1-4-11(10-12)13(17-8-2-6-15-17)18-9-3-7-16-18/h1-10,13H. The summed E-state index contributed by atoms with van der Waals surface area (Å²) in [6, 6.07) is 12.2. The van der Waals surface area contributed by atoms with Crippen molar-refractivity contribution >= 4 is 22.6 Å². The van der Waals surface area contributed by atoms with Crippen LogP contribution < -0.4 is 0 Å². The highest BCUT2D eigenvalue weighted by atomic mass is 127. The minimum absolute atomic E-state index is 0.0373. The van der Waals surface area contributed by atoms with Crippen molar-refractivity contribution in [1.29, 1.82) is 0 Å². The van der Waals surface area contributed by atoms with Gasteiger partial charge >= 0.3 is 0 Å². The Labute approximate surface area is 118 Å². The molecule has 0 saturated carbocycles. The van der Waals surface area contributed by atoms with Crippen molar-refractivity contribution in [3.8, 4) is 0 Å². The Bertz CT molecular complexity index is 582. The molecule has 0 fully saturated rings. The van der Waals surface area contributed by atoms with E-state index in [4.69, 9.17) is 0 Å². The van der Waals surface area contributed by atoms with Gasteiger partial charge in [-0.3, -0.25) is 0 Å². The normalized spacial score (nSPS) is 11.0. The van der Waals surface area contributed by atoms with Crippen LogP contribution in [-0.4, -0.2) is 19.6 Å². The van der Waals surface area contributed by atoms with Crippen molar-refractivity contribution in [2.24, 2.45) is 0 Å². The molecule has 0 amide bonds. The van der Waals surface area contributed by atoms with Crippen LogP contribution in [0.2, 0.25) is 0 Å². The van der Waals surface area contributed by atoms with Gasteiger partial charge in [0.25, 0.3) is 0 Å². The summed E-state index contributed by atoms with van der Waals surface area (Å²) in [6.07, 6.45) is 7.43. The SMILES string of the molecule is Ic1cccc(C(n2cccn2)n2cccn2)c1. The predicted octanol–water partition coefficient (Wildman–Crippen LogP) is 2.78. The Morgan fingerprint density at radius 1 is 0.944 bits per heavy atom. The topological polar surface area (TPSA) is 35.6 Å². The second-order valence-electron chi connectivity index (χ2n) is 3.90. The first-order valence-corrected chi connectivity index (χ1v) is 6.66. The minimum atomic E-state index is -0.0373. The van der Waals surface area contributed by atoms with E-state index < -0.39 is 0 Å². The fourth-order valence-electron chi connectivity index (χ4n) is 1.94.